The molecule has 0 saturated heterocycles. The zero-order valence-corrected chi connectivity index (χ0v) is 9.22. The second-order valence-electron chi connectivity index (χ2n) is 3.78. The van der Waals surface area contributed by atoms with Crippen LogP contribution in [-0.4, -0.2) is 15.1 Å². The van der Waals surface area contributed by atoms with Crippen molar-refractivity contribution >= 4 is 0 Å². The Hall–Kier alpha value is -1.74. The molecule has 0 saturated carbocycles. The molecule has 1 aromatic heterocycles. The Kier molecular flexibility index (Phi) is 3.27. The number of aryl methyl sites for hydroxylation is 1. The molecule has 0 aliphatic heterocycles. The van der Waals surface area contributed by atoms with E-state index in [1.807, 2.05) is 0 Å². The normalized spacial score (nSPS) is 10.4. The maximum absolute atomic E-state index is 8.97. The lowest BCUT2D eigenvalue weighted by molar-refractivity contribution is 0.276. The standard InChI is InChI=1S/C13H14N2O/c1-10-2-4-11(5-3-10)8-13-14-7-6-12(9-16)15-13/h2-7,16H,8-9H2,1H3. The zero-order chi connectivity index (χ0) is 11.4. The quantitative estimate of drug-likeness (QED) is 0.848. The molecule has 82 valence electrons. The van der Waals surface area contributed by atoms with E-state index < -0.39 is 0 Å². The van der Waals surface area contributed by atoms with Crippen molar-refractivity contribution in [1.29, 1.82) is 0 Å². The lowest BCUT2D eigenvalue weighted by Crippen LogP contribution is -1.99. The van der Waals surface area contributed by atoms with Crippen LogP contribution in [0.3, 0.4) is 0 Å². The SMILES string of the molecule is Cc1ccc(Cc2nccc(CO)n2)cc1. The molecule has 1 aromatic carbocycles. The van der Waals surface area contributed by atoms with E-state index in [1.165, 1.54) is 11.1 Å². The summed E-state index contributed by atoms with van der Waals surface area (Å²) in [4.78, 5) is 8.43. The topological polar surface area (TPSA) is 46.0 Å². The van der Waals surface area contributed by atoms with Crippen LogP contribution in [0, 0.1) is 6.92 Å². The van der Waals surface area contributed by atoms with Gasteiger partial charge in [-0.25, -0.2) is 9.97 Å². The molecule has 0 aliphatic rings. The first-order valence-corrected chi connectivity index (χ1v) is 5.25. The number of aliphatic hydroxyl groups is 1. The summed E-state index contributed by atoms with van der Waals surface area (Å²) >= 11 is 0. The van der Waals surface area contributed by atoms with Crippen molar-refractivity contribution in [2.24, 2.45) is 0 Å². The van der Waals surface area contributed by atoms with Crippen molar-refractivity contribution in [2.45, 2.75) is 20.0 Å². The molecule has 0 spiro atoms. The Morgan fingerprint density at radius 2 is 1.88 bits per heavy atom. The number of benzene rings is 1. The van der Waals surface area contributed by atoms with E-state index in [-0.39, 0.29) is 6.61 Å². The number of nitrogens with zero attached hydrogens (tertiary/aromatic N) is 2. The molecule has 2 rings (SSSR count). The van der Waals surface area contributed by atoms with Gasteiger partial charge in [-0.2, -0.15) is 0 Å². The molecule has 3 heteroatoms. The molecule has 0 unspecified atom stereocenters. The number of aromatic nitrogens is 2. The Balaban J connectivity index is 2.16. The van der Waals surface area contributed by atoms with Crippen LogP contribution in [0.25, 0.3) is 0 Å². The highest BCUT2D eigenvalue weighted by molar-refractivity contribution is 5.24. The van der Waals surface area contributed by atoms with Crippen LogP contribution in [-0.2, 0) is 13.0 Å². The van der Waals surface area contributed by atoms with Crippen LogP contribution in [0.1, 0.15) is 22.6 Å². The van der Waals surface area contributed by atoms with Gasteiger partial charge in [-0.3, -0.25) is 0 Å². The fraction of sp³-hybridized carbons (Fsp3) is 0.231. The first-order chi connectivity index (χ1) is 7.78. The molecule has 0 atom stereocenters. The fourth-order valence-corrected chi connectivity index (χ4v) is 1.50. The van der Waals surface area contributed by atoms with Crippen LogP contribution in [0.2, 0.25) is 0 Å². The van der Waals surface area contributed by atoms with Gasteiger partial charge >= 0.3 is 0 Å². The summed E-state index contributed by atoms with van der Waals surface area (Å²) in [5, 5.41) is 8.97. The fourth-order valence-electron chi connectivity index (χ4n) is 1.50. The van der Waals surface area contributed by atoms with Gasteiger partial charge in [0.2, 0.25) is 0 Å². The molecule has 3 nitrogen and oxygen atoms in total. The summed E-state index contributed by atoms with van der Waals surface area (Å²) in [7, 11) is 0. The predicted molar refractivity (Wildman–Crippen MR) is 61.9 cm³/mol. The van der Waals surface area contributed by atoms with Crippen molar-refractivity contribution in [3.05, 3.63) is 59.2 Å². The van der Waals surface area contributed by atoms with E-state index in [4.69, 9.17) is 5.11 Å². The van der Waals surface area contributed by atoms with Crippen molar-refractivity contribution in [3.8, 4) is 0 Å². The van der Waals surface area contributed by atoms with E-state index >= 15 is 0 Å². The average Bonchev–Trinajstić information content (AvgIpc) is 2.32. The molecule has 0 aliphatic carbocycles. The van der Waals surface area contributed by atoms with Gasteiger partial charge in [0, 0.05) is 12.6 Å². The Morgan fingerprint density at radius 1 is 1.12 bits per heavy atom. The highest BCUT2D eigenvalue weighted by Crippen LogP contribution is 2.07. The molecular weight excluding hydrogens is 200 g/mol. The largest absolute Gasteiger partial charge is 0.390 e. The van der Waals surface area contributed by atoms with Gasteiger partial charge in [-0.15, -0.1) is 0 Å². The molecule has 1 N–H and O–H groups in total. The minimum absolute atomic E-state index is 0.0383. The summed E-state index contributed by atoms with van der Waals surface area (Å²) in [5.41, 5.74) is 3.09. The first kappa shape index (κ1) is 10.8. The lowest BCUT2D eigenvalue weighted by atomic mass is 10.1. The van der Waals surface area contributed by atoms with Crippen molar-refractivity contribution in [1.82, 2.24) is 9.97 Å². The molecule has 1 heterocycles. The zero-order valence-electron chi connectivity index (χ0n) is 9.22. The maximum atomic E-state index is 8.97. The van der Waals surface area contributed by atoms with Gasteiger partial charge in [0.25, 0.3) is 0 Å². The third kappa shape index (κ3) is 2.64. The maximum Gasteiger partial charge on any atom is 0.132 e. The van der Waals surface area contributed by atoms with Crippen molar-refractivity contribution in [2.75, 3.05) is 0 Å². The van der Waals surface area contributed by atoms with Crippen LogP contribution >= 0.6 is 0 Å². The molecule has 0 amide bonds. The van der Waals surface area contributed by atoms with E-state index in [2.05, 4.69) is 41.2 Å². The monoisotopic (exact) mass is 214 g/mol. The van der Waals surface area contributed by atoms with E-state index in [0.717, 1.165) is 5.82 Å². The number of hydrogen-bond acceptors (Lipinski definition) is 3. The molecule has 0 radical (unpaired) electrons. The lowest BCUT2D eigenvalue weighted by Gasteiger charge is -2.02. The summed E-state index contributed by atoms with van der Waals surface area (Å²) in [5.74, 6) is 0.746. The van der Waals surface area contributed by atoms with Crippen molar-refractivity contribution < 1.29 is 5.11 Å². The number of rotatable bonds is 3. The van der Waals surface area contributed by atoms with E-state index in [0.29, 0.717) is 12.1 Å². The van der Waals surface area contributed by atoms with Gasteiger partial charge in [-0.05, 0) is 18.6 Å². The highest BCUT2D eigenvalue weighted by atomic mass is 16.3. The molecular formula is C13H14N2O. The van der Waals surface area contributed by atoms with Gasteiger partial charge in [-0.1, -0.05) is 29.8 Å². The average molecular weight is 214 g/mol. The predicted octanol–water partition coefficient (Wildman–Crippen LogP) is 1.87. The van der Waals surface area contributed by atoms with Crippen LogP contribution in [0.4, 0.5) is 0 Å². The van der Waals surface area contributed by atoms with Crippen molar-refractivity contribution in [3.63, 3.8) is 0 Å². The number of hydrogen-bond donors (Lipinski definition) is 1. The summed E-state index contributed by atoms with van der Waals surface area (Å²) in [6, 6.07) is 10.0. The van der Waals surface area contributed by atoms with Crippen LogP contribution < -0.4 is 0 Å². The minimum Gasteiger partial charge on any atom is -0.390 e. The Bertz CT molecular complexity index is 466. The van der Waals surface area contributed by atoms with Gasteiger partial charge < -0.3 is 5.11 Å². The summed E-state index contributed by atoms with van der Waals surface area (Å²) < 4.78 is 0. The van der Waals surface area contributed by atoms with Gasteiger partial charge in [0.15, 0.2) is 0 Å². The smallest absolute Gasteiger partial charge is 0.132 e. The van der Waals surface area contributed by atoms with Crippen LogP contribution in [0.15, 0.2) is 36.5 Å². The molecule has 0 fully saturated rings. The van der Waals surface area contributed by atoms with E-state index in [1.54, 1.807) is 12.3 Å². The Labute approximate surface area is 94.8 Å². The second kappa shape index (κ2) is 4.86. The van der Waals surface area contributed by atoms with E-state index in [9.17, 15) is 0 Å². The third-order valence-electron chi connectivity index (χ3n) is 2.41. The summed E-state index contributed by atoms with van der Waals surface area (Å²) in [6.07, 6.45) is 2.39. The molecule has 0 bridgehead atoms. The Morgan fingerprint density at radius 3 is 2.56 bits per heavy atom. The van der Waals surface area contributed by atoms with Gasteiger partial charge in [0.05, 0.1) is 12.3 Å². The van der Waals surface area contributed by atoms with Crippen LogP contribution in [0.5, 0.6) is 0 Å². The highest BCUT2D eigenvalue weighted by Gasteiger charge is 2.00. The van der Waals surface area contributed by atoms with Gasteiger partial charge in [0.1, 0.15) is 5.82 Å². The second-order valence-corrected chi connectivity index (χ2v) is 3.78. The third-order valence-corrected chi connectivity index (χ3v) is 2.41. The first-order valence-electron chi connectivity index (χ1n) is 5.25. The molecule has 2 aromatic rings. The number of aliphatic hydroxyl groups excluding tert-OH is 1. The minimum atomic E-state index is -0.0383. The molecule has 16 heavy (non-hydrogen) atoms. The summed E-state index contributed by atoms with van der Waals surface area (Å²) in [6.45, 7) is 2.02.